The predicted octanol–water partition coefficient (Wildman–Crippen LogP) is 4.44. The Bertz CT molecular complexity index is 1770. The number of pyridine rings is 1. The topological polar surface area (TPSA) is 119 Å². The molecular weight excluding hydrogens is 589 g/mol. The zero-order chi connectivity index (χ0) is 32.1. The molecule has 1 aliphatic rings. The third kappa shape index (κ3) is 7.32. The van der Waals surface area contributed by atoms with Crippen molar-refractivity contribution in [3.8, 4) is 11.8 Å². The number of halogens is 3. The van der Waals surface area contributed by atoms with Gasteiger partial charge in [0.15, 0.2) is 5.65 Å². The molecule has 11 nitrogen and oxygen atoms in total. The van der Waals surface area contributed by atoms with Gasteiger partial charge in [0.05, 0.1) is 11.8 Å². The lowest BCUT2D eigenvalue weighted by Gasteiger charge is -2.33. The van der Waals surface area contributed by atoms with Crippen LogP contribution in [0.25, 0.3) is 5.65 Å². The summed E-state index contributed by atoms with van der Waals surface area (Å²) in [6.45, 7) is 6.70. The molecule has 2 N–H and O–H groups in total. The highest BCUT2D eigenvalue weighted by molar-refractivity contribution is 6.04. The first-order valence-corrected chi connectivity index (χ1v) is 14.3. The fraction of sp³-hybridized carbons (Fsp3) is 0.323. The average Bonchev–Trinajstić information content (AvgIpc) is 3.43. The van der Waals surface area contributed by atoms with Crippen molar-refractivity contribution in [2.75, 3.05) is 49.5 Å². The number of fused-ring (bicyclic) bond motifs is 1. The first-order chi connectivity index (χ1) is 21.5. The molecule has 0 unspecified atom stereocenters. The Labute approximate surface area is 257 Å². The minimum absolute atomic E-state index is 0.00400. The summed E-state index contributed by atoms with van der Waals surface area (Å²) >= 11 is 0. The molecule has 0 aliphatic carbocycles. The van der Waals surface area contributed by atoms with Crippen molar-refractivity contribution in [2.24, 2.45) is 0 Å². The Morgan fingerprint density at radius 2 is 1.76 bits per heavy atom. The Hall–Kier alpha value is -5.16. The molecule has 45 heavy (non-hydrogen) atoms. The number of anilines is 2. The van der Waals surface area contributed by atoms with Crippen LogP contribution in [-0.2, 0) is 12.7 Å². The summed E-state index contributed by atoms with van der Waals surface area (Å²) in [6, 6.07) is 10.4. The second-order valence-corrected chi connectivity index (χ2v) is 10.3. The lowest BCUT2D eigenvalue weighted by molar-refractivity contribution is -0.138. The Morgan fingerprint density at radius 1 is 1.00 bits per heavy atom. The molecule has 0 spiro atoms. The lowest BCUT2D eigenvalue weighted by atomic mass is 10.0. The van der Waals surface area contributed by atoms with Crippen LogP contribution in [0.5, 0.6) is 0 Å². The first-order valence-electron chi connectivity index (χ1n) is 14.3. The molecular formula is C31H31F3N8O3. The van der Waals surface area contributed by atoms with Crippen LogP contribution in [0.3, 0.4) is 0 Å². The van der Waals surface area contributed by atoms with Crippen molar-refractivity contribution in [1.29, 1.82) is 0 Å². The van der Waals surface area contributed by atoms with E-state index in [1.54, 1.807) is 21.7 Å². The van der Waals surface area contributed by atoms with Gasteiger partial charge in [0.2, 0.25) is 0 Å². The largest absolute Gasteiger partial charge is 0.465 e. The molecule has 1 aromatic carbocycles. The number of carboxylic acid groups (broad SMARTS) is 1. The van der Waals surface area contributed by atoms with E-state index in [1.807, 2.05) is 26.0 Å². The minimum Gasteiger partial charge on any atom is -0.465 e. The van der Waals surface area contributed by atoms with Crippen LogP contribution in [0.15, 0.2) is 54.9 Å². The van der Waals surface area contributed by atoms with Gasteiger partial charge in [-0.2, -0.15) is 13.2 Å². The van der Waals surface area contributed by atoms with Crippen LogP contribution >= 0.6 is 0 Å². The Kier molecular flexibility index (Phi) is 9.19. The van der Waals surface area contributed by atoms with Gasteiger partial charge in [-0.05, 0) is 61.7 Å². The molecule has 1 aliphatic heterocycles. The van der Waals surface area contributed by atoms with Crippen molar-refractivity contribution in [3.05, 3.63) is 82.8 Å². The van der Waals surface area contributed by atoms with E-state index >= 15 is 0 Å². The van der Waals surface area contributed by atoms with Gasteiger partial charge in [-0.3, -0.25) is 9.69 Å². The molecule has 4 aromatic rings. The van der Waals surface area contributed by atoms with Gasteiger partial charge < -0.3 is 20.2 Å². The summed E-state index contributed by atoms with van der Waals surface area (Å²) in [7, 11) is 0. The van der Waals surface area contributed by atoms with E-state index in [1.165, 1.54) is 29.3 Å². The van der Waals surface area contributed by atoms with E-state index < -0.39 is 23.7 Å². The van der Waals surface area contributed by atoms with E-state index in [9.17, 15) is 22.8 Å². The number of piperazine rings is 1. The standard InChI is InChI=1S/C31H31F3N8O3/c1-3-40(4-2)28-10-9-27-36-19-24(42(27)38-28)8-5-21-11-12-35-26(17-21)37-29(43)22-6-7-23(25(18-22)31(32,33)34)20-39-13-15-41(16-14-39)30(44)45/h6-7,9-12,17-19H,3-4,13-16,20H2,1-2H3,(H,44,45)(H,35,37,43). The van der Waals surface area contributed by atoms with Crippen LogP contribution in [0.4, 0.5) is 29.6 Å². The van der Waals surface area contributed by atoms with Crippen LogP contribution in [-0.4, -0.2) is 85.8 Å². The smallest absolute Gasteiger partial charge is 0.416 e. The monoisotopic (exact) mass is 620 g/mol. The highest BCUT2D eigenvalue weighted by Gasteiger charge is 2.35. The fourth-order valence-electron chi connectivity index (χ4n) is 5.02. The summed E-state index contributed by atoms with van der Waals surface area (Å²) in [5, 5.41) is 16.3. The van der Waals surface area contributed by atoms with Gasteiger partial charge in [-0.1, -0.05) is 12.0 Å². The molecule has 4 heterocycles. The number of nitrogens with zero attached hydrogens (tertiary/aromatic N) is 7. The summed E-state index contributed by atoms with van der Waals surface area (Å²) in [4.78, 5) is 37.7. The van der Waals surface area contributed by atoms with Crippen LogP contribution < -0.4 is 10.2 Å². The third-order valence-corrected chi connectivity index (χ3v) is 7.49. The summed E-state index contributed by atoms with van der Waals surface area (Å²) < 4.78 is 43.7. The van der Waals surface area contributed by atoms with Gasteiger partial charge >= 0.3 is 12.3 Å². The number of alkyl halides is 3. The molecule has 1 fully saturated rings. The maximum atomic E-state index is 14.0. The zero-order valence-electron chi connectivity index (χ0n) is 24.7. The van der Waals surface area contributed by atoms with Crippen molar-refractivity contribution < 1.29 is 27.9 Å². The number of benzene rings is 1. The van der Waals surface area contributed by atoms with Gasteiger partial charge in [-0.15, -0.1) is 5.10 Å². The lowest BCUT2D eigenvalue weighted by Crippen LogP contribution is -2.47. The maximum Gasteiger partial charge on any atom is 0.416 e. The second-order valence-electron chi connectivity index (χ2n) is 10.3. The summed E-state index contributed by atoms with van der Waals surface area (Å²) in [6.07, 6.45) is -2.69. The molecule has 234 valence electrons. The number of carbonyl (C=O) groups is 2. The molecule has 0 saturated carbocycles. The number of imidazole rings is 1. The SMILES string of the molecule is CCN(CC)c1ccc2ncc(C#Cc3ccnc(NC(=O)c4ccc(CN5CCN(C(=O)O)CC5)c(C(F)(F)F)c4)c3)n2n1. The third-order valence-electron chi connectivity index (χ3n) is 7.49. The number of rotatable bonds is 7. The van der Waals surface area contributed by atoms with Crippen molar-refractivity contribution in [2.45, 2.75) is 26.6 Å². The van der Waals surface area contributed by atoms with Gasteiger partial charge in [0, 0.05) is 63.1 Å². The van der Waals surface area contributed by atoms with E-state index in [4.69, 9.17) is 5.11 Å². The Balaban J connectivity index is 1.31. The number of carbonyl (C=O) groups excluding carboxylic acids is 1. The van der Waals surface area contributed by atoms with Crippen LogP contribution in [0, 0.1) is 11.8 Å². The molecule has 5 rings (SSSR count). The van der Waals surface area contributed by atoms with E-state index in [2.05, 4.69) is 37.1 Å². The molecule has 0 atom stereocenters. The minimum atomic E-state index is -4.69. The second kappa shape index (κ2) is 13.2. The molecule has 0 bridgehead atoms. The predicted molar refractivity (Wildman–Crippen MR) is 161 cm³/mol. The molecule has 0 radical (unpaired) electrons. The molecule has 2 amide bonds. The number of nitrogens with one attached hydrogen (secondary N) is 1. The van der Waals surface area contributed by atoms with Crippen molar-refractivity contribution >= 4 is 29.3 Å². The highest BCUT2D eigenvalue weighted by atomic mass is 19.4. The van der Waals surface area contributed by atoms with E-state index in [-0.39, 0.29) is 36.6 Å². The molecule has 3 aromatic heterocycles. The van der Waals surface area contributed by atoms with Gasteiger partial charge in [0.1, 0.15) is 17.3 Å². The van der Waals surface area contributed by atoms with E-state index in [0.717, 1.165) is 25.0 Å². The quantitative estimate of drug-likeness (QED) is 0.291. The average molecular weight is 621 g/mol. The molecule has 14 heteroatoms. The number of hydrogen-bond acceptors (Lipinski definition) is 7. The van der Waals surface area contributed by atoms with E-state index in [0.29, 0.717) is 30.0 Å². The van der Waals surface area contributed by atoms with Crippen LogP contribution in [0.2, 0.25) is 0 Å². The van der Waals surface area contributed by atoms with Gasteiger partial charge in [0.25, 0.3) is 5.91 Å². The molecule has 1 saturated heterocycles. The number of aromatic nitrogens is 4. The van der Waals surface area contributed by atoms with Crippen molar-refractivity contribution in [1.82, 2.24) is 29.4 Å². The number of hydrogen-bond donors (Lipinski definition) is 2. The normalized spacial score (nSPS) is 13.8. The van der Waals surface area contributed by atoms with Crippen LogP contribution in [0.1, 0.15) is 46.6 Å². The zero-order valence-corrected chi connectivity index (χ0v) is 24.7. The fourth-order valence-corrected chi connectivity index (χ4v) is 5.02. The first kappa shape index (κ1) is 31.3. The highest BCUT2D eigenvalue weighted by Crippen LogP contribution is 2.33. The van der Waals surface area contributed by atoms with Gasteiger partial charge in [-0.25, -0.2) is 19.3 Å². The summed E-state index contributed by atoms with van der Waals surface area (Å²) in [5.74, 6) is 6.21. The Morgan fingerprint density at radius 3 is 2.44 bits per heavy atom. The maximum absolute atomic E-state index is 14.0. The van der Waals surface area contributed by atoms with Crippen molar-refractivity contribution in [3.63, 3.8) is 0 Å². The summed E-state index contributed by atoms with van der Waals surface area (Å²) in [5.41, 5.74) is 0.622. The number of amides is 2.